The molecule has 0 bridgehead atoms. The van der Waals surface area contributed by atoms with E-state index >= 15 is 0 Å². The van der Waals surface area contributed by atoms with Gasteiger partial charge in [-0.1, -0.05) is 35.3 Å². The molecule has 1 unspecified atom stereocenters. The number of nitrogens with zero attached hydrogens (tertiary/aromatic N) is 1. The molecule has 146 valence electrons. The summed E-state index contributed by atoms with van der Waals surface area (Å²) >= 11 is 11.9. The van der Waals surface area contributed by atoms with Crippen LogP contribution in [0.4, 0.5) is 4.39 Å². The minimum atomic E-state index is -0.884. The maximum absolute atomic E-state index is 13.4. The van der Waals surface area contributed by atoms with Crippen molar-refractivity contribution in [2.45, 2.75) is 6.04 Å². The number of aliphatic hydroxyl groups excluding tert-OH is 1. The van der Waals surface area contributed by atoms with E-state index in [2.05, 4.69) is 0 Å². The number of amides is 1. The molecule has 1 atom stereocenters. The Bertz CT molecular complexity index is 959. The Kier molecular flexibility index (Phi) is 6.03. The van der Waals surface area contributed by atoms with Gasteiger partial charge in [-0.2, -0.15) is 0 Å². The second kappa shape index (κ2) is 8.31. The number of Topliss-reactive ketones (excluding diaryl/α,β-unsaturated/α-hetero) is 1. The molecule has 0 aromatic heterocycles. The van der Waals surface area contributed by atoms with Gasteiger partial charge in [0.15, 0.2) is 0 Å². The van der Waals surface area contributed by atoms with Gasteiger partial charge in [-0.25, -0.2) is 4.39 Å². The first-order chi connectivity index (χ1) is 13.3. The molecule has 0 saturated carbocycles. The minimum Gasteiger partial charge on any atom is -0.507 e. The number of halogens is 3. The number of hydrogen-bond acceptors (Lipinski definition) is 4. The van der Waals surface area contributed by atoms with Crippen LogP contribution in [-0.2, 0) is 14.3 Å². The van der Waals surface area contributed by atoms with E-state index in [9.17, 15) is 19.1 Å². The summed E-state index contributed by atoms with van der Waals surface area (Å²) in [7, 11) is 1.47. The molecule has 0 spiro atoms. The molecule has 1 saturated heterocycles. The van der Waals surface area contributed by atoms with Gasteiger partial charge < -0.3 is 14.7 Å². The fourth-order valence-electron chi connectivity index (χ4n) is 3.09. The second-order valence-corrected chi connectivity index (χ2v) is 6.98. The molecule has 3 rings (SSSR count). The van der Waals surface area contributed by atoms with Crippen LogP contribution in [-0.4, -0.2) is 42.0 Å². The Labute approximate surface area is 170 Å². The van der Waals surface area contributed by atoms with Crippen molar-refractivity contribution >= 4 is 40.7 Å². The quantitative estimate of drug-likeness (QED) is 0.444. The molecule has 1 amide bonds. The predicted molar refractivity (Wildman–Crippen MR) is 104 cm³/mol. The molecule has 8 heteroatoms. The van der Waals surface area contributed by atoms with Crippen LogP contribution < -0.4 is 0 Å². The fourth-order valence-corrected chi connectivity index (χ4v) is 3.39. The highest BCUT2D eigenvalue weighted by molar-refractivity contribution is 6.46. The van der Waals surface area contributed by atoms with Crippen LogP contribution in [0.2, 0.25) is 10.0 Å². The van der Waals surface area contributed by atoms with Crippen LogP contribution in [0.15, 0.2) is 48.0 Å². The lowest BCUT2D eigenvalue weighted by Crippen LogP contribution is -2.32. The van der Waals surface area contributed by atoms with Gasteiger partial charge >= 0.3 is 0 Å². The normalized spacial score (nSPS) is 18.7. The van der Waals surface area contributed by atoms with Crippen LogP contribution in [0, 0.1) is 5.82 Å². The van der Waals surface area contributed by atoms with Crippen molar-refractivity contribution in [2.24, 2.45) is 0 Å². The number of ether oxygens (including phenoxy) is 1. The van der Waals surface area contributed by atoms with E-state index in [1.54, 1.807) is 0 Å². The molecule has 5 nitrogen and oxygen atoms in total. The van der Waals surface area contributed by atoms with Gasteiger partial charge in [0.2, 0.25) is 0 Å². The molecule has 1 aliphatic rings. The average Bonchev–Trinajstić information content (AvgIpc) is 2.93. The maximum atomic E-state index is 13.4. The zero-order valence-corrected chi connectivity index (χ0v) is 16.3. The van der Waals surface area contributed by atoms with Crippen molar-refractivity contribution in [3.05, 3.63) is 75.0 Å². The van der Waals surface area contributed by atoms with Crippen LogP contribution in [0.1, 0.15) is 17.2 Å². The number of ketones is 1. The van der Waals surface area contributed by atoms with Gasteiger partial charge in [-0.05, 0) is 35.9 Å². The number of methoxy groups -OCH3 is 1. The summed E-state index contributed by atoms with van der Waals surface area (Å²) in [5.74, 6) is -2.45. The highest BCUT2D eigenvalue weighted by atomic mass is 35.5. The van der Waals surface area contributed by atoms with Gasteiger partial charge in [0.25, 0.3) is 11.7 Å². The Balaban J connectivity index is 2.17. The number of aliphatic hydroxyl groups is 1. The summed E-state index contributed by atoms with van der Waals surface area (Å²) in [5.41, 5.74) is 0.621. The van der Waals surface area contributed by atoms with Crippen molar-refractivity contribution in [3.8, 4) is 0 Å². The molecule has 1 fully saturated rings. The van der Waals surface area contributed by atoms with Crippen LogP contribution in [0.5, 0.6) is 0 Å². The van der Waals surface area contributed by atoms with Crippen LogP contribution >= 0.6 is 23.2 Å². The molecule has 28 heavy (non-hydrogen) atoms. The topological polar surface area (TPSA) is 66.8 Å². The molecule has 0 radical (unpaired) electrons. The lowest BCUT2D eigenvalue weighted by molar-refractivity contribution is -0.140. The summed E-state index contributed by atoms with van der Waals surface area (Å²) in [5, 5.41) is 11.3. The number of benzene rings is 2. The third-order valence-electron chi connectivity index (χ3n) is 4.46. The predicted octanol–water partition coefficient (Wildman–Crippen LogP) is 4.20. The van der Waals surface area contributed by atoms with Gasteiger partial charge in [-0.15, -0.1) is 0 Å². The number of hydrogen-bond donors (Lipinski definition) is 1. The van der Waals surface area contributed by atoms with Crippen LogP contribution in [0.25, 0.3) is 5.76 Å². The van der Waals surface area contributed by atoms with E-state index in [0.717, 1.165) is 0 Å². The van der Waals surface area contributed by atoms with Crippen molar-refractivity contribution in [1.29, 1.82) is 0 Å². The first-order valence-electron chi connectivity index (χ1n) is 8.33. The average molecular weight is 424 g/mol. The van der Waals surface area contributed by atoms with E-state index in [1.165, 1.54) is 54.5 Å². The second-order valence-electron chi connectivity index (χ2n) is 6.17. The van der Waals surface area contributed by atoms with Crippen molar-refractivity contribution < 1.29 is 23.8 Å². The first-order valence-corrected chi connectivity index (χ1v) is 9.09. The van der Waals surface area contributed by atoms with E-state index < -0.39 is 23.5 Å². The Hall–Kier alpha value is -2.41. The maximum Gasteiger partial charge on any atom is 0.295 e. The summed E-state index contributed by atoms with van der Waals surface area (Å²) in [6.07, 6.45) is 0. The van der Waals surface area contributed by atoms with E-state index in [-0.39, 0.29) is 40.1 Å². The van der Waals surface area contributed by atoms with Gasteiger partial charge in [0, 0.05) is 19.2 Å². The fraction of sp³-hybridized carbons (Fsp3) is 0.200. The summed E-state index contributed by atoms with van der Waals surface area (Å²) < 4.78 is 18.4. The molecule has 2 aromatic carbocycles. The zero-order chi connectivity index (χ0) is 20.4. The number of carbonyl (C=O) groups excluding carboxylic acids is 2. The monoisotopic (exact) mass is 423 g/mol. The SMILES string of the molecule is COCCN1C(=O)C(=O)/C(=C(\O)c2ccc(Cl)c(Cl)c2)C1c1ccc(F)cc1. The molecule has 0 aliphatic carbocycles. The van der Waals surface area contributed by atoms with Crippen molar-refractivity contribution in [1.82, 2.24) is 4.90 Å². The number of rotatable bonds is 5. The highest BCUT2D eigenvalue weighted by Crippen LogP contribution is 2.39. The molecular weight excluding hydrogens is 408 g/mol. The summed E-state index contributed by atoms with van der Waals surface area (Å²) in [4.78, 5) is 26.6. The zero-order valence-electron chi connectivity index (χ0n) is 14.8. The molecule has 1 heterocycles. The summed E-state index contributed by atoms with van der Waals surface area (Å²) in [6.45, 7) is 0.318. The van der Waals surface area contributed by atoms with Gasteiger partial charge in [0.05, 0.1) is 28.3 Å². The largest absolute Gasteiger partial charge is 0.507 e. The van der Waals surface area contributed by atoms with E-state index in [0.29, 0.717) is 5.56 Å². The molecule has 1 N–H and O–H groups in total. The Morgan fingerprint density at radius 1 is 1.14 bits per heavy atom. The smallest absolute Gasteiger partial charge is 0.295 e. The number of carbonyl (C=O) groups is 2. The van der Waals surface area contributed by atoms with Gasteiger partial charge in [0.1, 0.15) is 11.6 Å². The van der Waals surface area contributed by atoms with Gasteiger partial charge in [-0.3, -0.25) is 9.59 Å². The third kappa shape index (κ3) is 3.76. The third-order valence-corrected chi connectivity index (χ3v) is 5.19. The lowest BCUT2D eigenvalue weighted by Gasteiger charge is -2.25. The van der Waals surface area contributed by atoms with Crippen molar-refractivity contribution in [2.75, 3.05) is 20.3 Å². The number of likely N-dealkylation sites (tertiary alicyclic amines) is 1. The Morgan fingerprint density at radius 2 is 1.82 bits per heavy atom. The first kappa shape index (κ1) is 20.3. The Morgan fingerprint density at radius 3 is 2.43 bits per heavy atom. The molecule has 2 aromatic rings. The minimum absolute atomic E-state index is 0.105. The lowest BCUT2D eigenvalue weighted by atomic mass is 9.95. The molecule has 1 aliphatic heterocycles. The van der Waals surface area contributed by atoms with E-state index in [4.69, 9.17) is 27.9 Å². The highest BCUT2D eigenvalue weighted by Gasteiger charge is 2.45. The van der Waals surface area contributed by atoms with Crippen LogP contribution in [0.3, 0.4) is 0 Å². The molecular formula is C20H16Cl2FNO4. The standard InChI is InChI=1S/C20H16Cl2FNO4/c1-28-9-8-24-17(11-2-5-13(23)6-3-11)16(19(26)20(24)27)18(25)12-4-7-14(21)15(22)10-12/h2-7,10,17,25H,8-9H2,1H3/b18-16-. The van der Waals surface area contributed by atoms with Crippen molar-refractivity contribution in [3.63, 3.8) is 0 Å². The summed E-state index contributed by atoms with van der Waals surface area (Å²) in [6, 6.07) is 8.88. The van der Waals surface area contributed by atoms with E-state index in [1.807, 2.05) is 0 Å².